The summed E-state index contributed by atoms with van der Waals surface area (Å²) in [5, 5.41) is 18.6. The number of halogens is 1. The van der Waals surface area contributed by atoms with E-state index < -0.39 is 5.41 Å². The second-order valence-corrected chi connectivity index (χ2v) is 9.71. The summed E-state index contributed by atoms with van der Waals surface area (Å²) in [5.74, 6) is 1.78. The number of piperidine rings is 1. The fourth-order valence-electron chi connectivity index (χ4n) is 5.42. The van der Waals surface area contributed by atoms with Crippen molar-refractivity contribution in [3.05, 3.63) is 71.0 Å². The topological polar surface area (TPSA) is 97.5 Å². The first-order chi connectivity index (χ1) is 18.0. The Balaban J connectivity index is 1.57. The van der Waals surface area contributed by atoms with Crippen LogP contribution in [0.4, 0.5) is 27.5 Å². The Hall–Kier alpha value is -3.97. The molecule has 3 N–H and O–H groups in total. The van der Waals surface area contributed by atoms with Gasteiger partial charge in [0.15, 0.2) is 0 Å². The Kier molecular flexibility index (Phi) is 7.06. The molecular weight excluding hydrogens is 471 g/mol. The Bertz CT molecular complexity index is 1280. The number of aromatic amines is 1. The molecule has 4 heterocycles. The average Bonchev–Trinajstić information content (AvgIpc) is 3.42. The van der Waals surface area contributed by atoms with Crippen molar-refractivity contribution < 1.29 is 9.13 Å². The quantitative estimate of drug-likeness (QED) is 0.328. The summed E-state index contributed by atoms with van der Waals surface area (Å²) in [6.45, 7) is 13.5. The highest BCUT2D eigenvalue weighted by molar-refractivity contribution is 5.89. The lowest BCUT2D eigenvalue weighted by molar-refractivity contribution is 0.0985. The Morgan fingerprint density at radius 1 is 1.30 bits per heavy atom. The lowest BCUT2D eigenvalue weighted by atomic mass is 9.71. The van der Waals surface area contributed by atoms with E-state index in [2.05, 4.69) is 43.1 Å². The number of morpholine rings is 1. The lowest BCUT2D eigenvalue weighted by Crippen LogP contribution is -2.46. The molecule has 192 valence electrons. The zero-order valence-electron chi connectivity index (χ0n) is 20.9. The van der Waals surface area contributed by atoms with Gasteiger partial charge in [-0.15, -0.1) is 0 Å². The number of anilines is 4. The standard InChI is InChI=1S/C27H31FN8O/c1-19-17-37-13-12-36(19)25-15-23(22(16-29)26(33-25)32-24-6-9-31-34-24)27(18-30-2)7-10-35(11-8-27)21-5-3-4-20(28)14-21/h3-6,9,14-16,19,29H,7-8,10-13,17-18H2,1H3,(H2,31,32,33,34)/t19-/m1/s1. The maximum Gasteiger partial charge on any atom is 0.224 e. The molecule has 1 atom stereocenters. The molecule has 37 heavy (non-hydrogen) atoms. The van der Waals surface area contributed by atoms with Crippen molar-refractivity contribution in [3.63, 3.8) is 0 Å². The van der Waals surface area contributed by atoms with Crippen molar-refractivity contribution in [3.8, 4) is 0 Å². The van der Waals surface area contributed by atoms with Crippen molar-refractivity contribution in [1.29, 1.82) is 5.41 Å². The number of rotatable bonds is 7. The summed E-state index contributed by atoms with van der Waals surface area (Å²) in [5.41, 5.74) is 2.00. The summed E-state index contributed by atoms with van der Waals surface area (Å²) in [4.78, 5) is 13.2. The summed E-state index contributed by atoms with van der Waals surface area (Å²) in [7, 11) is 0. The van der Waals surface area contributed by atoms with Crippen LogP contribution in [0.25, 0.3) is 4.85 Å². The number of ether oxygens (including phenoxy) is 1. The van der Waals surface area contributed by atoms with E-state index in [9.17, 15) is 4.39 Å². The molecule has 0 unspecified atom stereocenters. The minimum atomic E-state index is -0.462. The van der Waals surface area contributed by atoms with Crippen molar-refractivity contribution in [2.24, 2.45) is 0 Å². The lowest BCUT2D eigenvalue weighted by Gasteiger charge is -2.42. The third kappa shape index (κ3) is 5.00. The highest BCUT2D eigenvalue weighted by Crippen LogP contribution is 2.42. The van der Waals surface area contributed by atoms with Gasteiger partial charge in [-0.3, -0.25) is 5.10 Å². The summed E-state index contributed by atoms with van der Waals surface area (Å²) < 4.78 is 19.5. The van der Waals surface area contributed by atoms with E-state index >= 15 is 0 Å². The molecule has 9 nitrogen and oxygen atoms in total. The first-order valence-corrected chi connectivity index (χ1v) is 12.5. The van der Waals surface area contributed by atoms with E-state index in [1.165, 1.54) is 12.3 Å². The van der Waals surface area contributed by atoms with Crippen molar-refractivity contribution in [1.82, 2.24) is 15.2 Å². The van der Waals surface area contributed by atoms with Gasteiger partial charge in [-0.1, -0.05) is 6.07 Å². The minimum absolute atomic E-state index is 0.145. The molecule has 2 aliphatic rings. The van der Waals surface area contributed by atoms with Crippen molar-refractivity contribution >= 4 is 29.4 Å². The molecule has 10 heteroatoms. The van der Waals surface area contributed by atoms with Gasteiger partial charge < -0.3 is 30.1 Å². The predicted molar refractivity (Wildman–Crippen MR) is 143 cm³/mol. The van der Waals surface area contributed by atoms with Gasteiger partial charge in [0.2, 0.25) is 6.54 Å². The Morgan fingerprint density at radius 2 is 2.14 bits per heavy atom. The highest BCUT2D eigenvalue weighted by Gasteiger charge is 2.42. The largest absolute Gasteiger partial charge is 0.377 e. The smallest absolute Gasteiger partial charge is 0.224 e. The molecule has 3 aromatic rings. The van der Waals surface area contributed by atoms with Crippen molar-refractivity contribution in [2.75, 3.05) is 54.5 Å². The van der Waals surface area contributed by atoms with E-state index in [-0.39, 0.29) is 11.9 Å². The third-order valence-corrected chi connectivity index (χ3v) is 7.45. The first kappa shape index (κ1) is 24.7. The number of nitrogens with zero attached hydrogens (tertiary/aromatic N) is 5. The van der Waals surface area contributed by atoms with Crippen LogP contribution >= 0.6 is 0 Å². The second-order valence-electron chi connectivity index (χ2n) is 9.71. The van der Waals surface area contributed by atoms with Crippen LogP contribution in [0, 0.1) is 17.8 Å². The molecule has 2 fully saturated rings. The maximum atomic E-state index is 13.9. The van der Waals surface area contributed by atoms with Crippen LogP contribution < -0.4 is 15.1 Å². The van der Waals surface area contributed by atoms with Crippen LogP contribution in [0.1, 0.15) is 30.9 Å². The number of hydrogen-bond donors (Lipinski definition) is 3. The predicted octanol–water partition coefficient (Wildman–Crippen LogP) is 4.37. The van der Waals surface area contributed by atoms with E-state index in [0.29, 0.717) is 69.4 Å². The number of hydrogen-bond acceptors (Lipinski definition) is 7. The van der Waals surface area contributed by atoms with Gasteiger partial charge in [-0.2, -0.15) is 5.10 Å². The van der Waals surface area contributed by atoms with E-state index in [4.69, 9.17) is 21.7 Å². The first-order valence-electron chi connectivity index (χ1n) is 12.5. The van der Waals surface area contributed by atoms with Gasteiger partial charge in [0.25, 0.3) is 0 Å². The van der Waals surface area contributed by atoms with Gasteiger partial charge in [-0.25, -0.2) is 15.9 Å². The highest BCUT2D eigenvalue weighted by atomic mass is 19.1. The molecule has 0 spiro atoms. The molecule has 2 aliphatic heterocycles. The molecule has 0 amide bonds. The molecule has 0 saturated carbocycles. The fraction of sp³-hybridized carbons (Fsp3) is 0.407. The van der Waals surface area contributed by atoms with Gasteiger partial charge in [0.05, 0.1) is 30.9 Å². The normalized spacial score (nSPS) is 19.3. The molecule has 0 aliphatic carbocycles. The molecule has 5 rings (SSSR count). The van der Waals surface area contributed by atoms with Crippen LogP contribution in [-0.4, -0.2) is 66.8 Å². The number of aromatic nitrogens is 3. The second kappa shape index (κ2) is 10.6. The maximum absolute atomic E-state index is 13.9. The number of nitrogens with one attached hydrogen (secondary N) is 3. The molecule has 0 radical (unpaired) electrons. The van der Waals surface area contributed by atoms with Crippen molar-refractivity contribution in [2.45, 2.75) is 31.2 Å². The molecule has 2 aromatic heterocycles. The van der Waals surface area contributed by atoms with Crippen LogP contribution in [0.5, 0.6) is 0 Å². The summed E-state index contributed by atoms with van der Waals surface area (Å²) >= 11 is 0. The van der Waals surface area contributed by atoms with Gasteiger partial charge in [-0.05, 0) is 49.6 Å². The number of H-pyrrole nitrogens is 1. The third-order valence-electron chi connectivity index (χ3n) is 7.45. The van der Waals surface area contributed by atoms with Crippen LogP contribution in [-0.2, 0) is 10.2 Å². The summed E-state index contributed by atoms with van der Waals surface area (Å²) in [6, 6.07) is 10.7. The Labute approximate surface area is 216 Å². The zero-order valence-corrected chi connectivity index (χ0v) is 20.9. The number of benzene rings is 1. The monoisotopic (exact) mass is 502 g/mol. The fourth-order valence-corrected chi connectivity index (χ4v) is 5.42. The molecule has 1 aromatic carbocycles. The van der Waals surface area contributed by atoms with E-state index in [1.807, 2.05) is 12.1 Å². The van der Waals surface area contributed by atoms with E-state index in [0.717, 1.165) is 17.1 Å². The molecule has 0 bridgehead atoms. The van der Waals surface area contributed by atoms with Gasteiger partial charge in [0.1, 0.15) is 23.3 Å². The number of pyridine rings is 1. The van der Waals surface area contributed by atoms with Gasteiger partial charge in [0, 0.05) is 43.2 Å². The Morgan fingerprint density at radius 3 is 2.81 bits per heavy atom. The SMILES string of the molecule is [C-]#[N+]CC1(c2cc(N3CCOC[C@H]3C)nc(Nc3ccn[nH]3)c2C=N)CCN(c2cccc(F)c2)CC1. The molecular formula is C27H31FN8O. The van der Waals surface area contributed by atoms with Crippen LogP contribution in [0.2, 0.25) is 0 Å². The zero-order chi connectivity index (χ0) is 25.8. The average molecular weight is 503 g/mol. The van der Waals surface area contributed by atoms with E-state index in [1.54, 1.807) is 18.3 Å². The summed E-state index contributed by atoms with van der Waals surface area (Å²) in [6.07, 6.45) is 4.40. The van der Waals surface area contributed by atoms with Crippen LogP contribution in [0.3, 0.4) is 0 Å². The van der Waals surface area contributed by atoms with Crippen LogP contribution in [0.15, 0.2) is 42.6 Å². The van der Waals surface area contributed by atoms with Gasteiger partial charge >= 0.3 is 0 Å². The minimum Gasteiger partial charge on any atom is -0.377 e. The molecule has 2 saturated heterocycles.